The van der Waals surface area contributed by atoms with Gasteiger partial charge in [-0.2, -0.15) is 5.26 Å². The number of carboxylic acids is 1. The monoisotopic (exact) mass is 410 g/mol. The SMILES string of the molecule is CCOc1cc(/C=C(/C#N)C(=O)NC(C)C)c(Br)cc1OCC(=O)O. The Labute approximate surface area is 154 Å². The van der Waals surface area contributed by atoms with Crippen LogP contribution in [-0.4, -0.2) is 36.2 Å². The summed E-state index contributed by atoms with van der Waals surface area (Å²) in [6, 6.07) is 4.88. The molecule has 0 aliphatic heterocycles. The molecule has 0 bridgehead atoms. The summed E-state index contributed by atoms with van der Waals surface area (Å²) < 4.78 is 11.2. The van der Waals surface area contributed by atoms with Crippen LogP contribution in [0.15, 0.2) is 22.2 Å². The standard InChI is InChI=1S/C17H19BrN2O5/c1-4-24-14-6-11(5-12(8-19)17(23)20-10(2)3)13(18)7-15(14)25-9-16(21)22/h5-7,10H,4,9H2,1-3H3,(H,20,23)(H,21,22)/b12-5-. The van der Waals surface area contributed by atoms with Crippen molar-refractivity contribution in [2.45, 2.75) is 26.8 Å². The number of hydrogen-bond acceptors (Lipinski definition) is 5. The Morgan fingerprint density at radius 1 is 1.36 bits per heavy atom. The molecule has 0 saturated carbocycles. The number of halogens is 1. The normalized spacial score (nSPS) is 11.0. The lowest BCUT2D eigenvalue weighted by atomic mass is 10.1. The topological polar surface area (TPSA) is 109 Å². The van der Waals surface area contributed by atoms with Gasteiger partial charge in [0.05, 0.1) is 6.61 Å². The highest BCUT2D eigenvalue weighted by Crippen LogP contribution is 2.35. The average Bonchev–Trinajstić information content (AvgIpc) is 2.52. The Kier molecular flexibility index (Phi) is 7.95. The number of rotatable bonds is 8. The fourth-order valence-electron chi connectivity index (χ4n) is 1.83. The Morgan fingerprint density at radius 2 is 2.00 bits per heavy atom. The molecule has 0 unspecified atom stereocenters. The smallest absolute Gasteiger partial charge is 0.341 e. The van der Waals surface area contributed by atoms with E-state index in [1.54, 1.807) is 26.8 Å². The molecule has 7 nitrogen and oxygen atoms in total. The van der Waals surface area contributed by atoms with Crippen LogP contribution in [0.4, 0.5) is 0 Å². The second-order valence-corrected chi connectivity index (χ2v) is 6.09. The first kappa shape index (κ1) is 20.5. The molecule has 0 radical (unpaired) electrons. The van der Waals surface area contributed by atoms with Gasteiger partial charge in [-0.05, 0) is 44.5 Å². The summed E-state index contributed by atoms with van der Waals surface area (Å²) >= 11 is 3.33. The lowest BCUT2D eigenvalue weighted by molar-refractivity contribution is -0.139. The Bertz CT molecular complexity index is 722. The number of nitrogens with zero attached hydrogens (tertiary/aromatic N) is 1. The highest BCUT2D eigenvalue weighted by molar-refractivity contribution is 9.10. The molecule has 1 aromatic carbocycles. The molecular weight excluding hydrogens is 392 g/mol. The molecule has 0 aromatic heterocycles. The minimum atomic E-state index is -1.11. The molecule has 2 N–H and O–H groups in total. The maximum absolute atomic E-state index is 12.0. The molecule has 1 amide bonds. The van der Waals surface area contributed by atoms with Crippen molar-refractivity contribution in [2.75, 3.05) is 13.2 Å². The number of ether oxygens (including phenoxy) is 2. The van der Waals surface area contributed by atoms with Crippen molar-refractivity contribution in [3.05, 3.63) is 27.7 Å². The summed E-state index contributed by atoms with van der Waals surface area (Å²) in [6.45, 7) is 5.19. The molecule has 0 aliphatic carbocycles. The molecule has 0 heterocycles. The van der Waals surface area contributed by atoms with E-state index in [1.165, 1.54) is 12.1 Å². The number of amides is 1. The second-order valence-electron chi connectivity index (χ2n) is 5.23. The van der Waals surface area contributed by atoms with Crippen molar-refractivity contribution in [2.24, 2.45) is 0 Å². The van der Waals surface area contributed by atoms with Crippen LogP contribution >= 0.6 is 15.9 Å². The zero-order valence-electron chi connectivity index (χ0n) is 14.1. The van der Waals surface area contributed by atoms with Crippen LogP contribution in [0.5, 0.6) is 11.5 Å². The molecule has 0 aliphatic rings. The summed E-state index contributed by atoms with van der Waals surface area (Å²) in [5, 5.41) is 20.6. The maximum Gasteiger partial charge on any atom is 0.341 e. The first-order chi connectivity index (χ1) is 11.8. The molecule has 0 saturated heterocycles. The molecule has 1 aromatic rings. The summed E-state index contributed by atoms with van der Waals surface area (Å²) in [4.78, 5) is 22.7. The fourth-order valence-corrected chi connectivity index (χ4v) is 2.26. The lowest BCUT2D eigenvalue weighted by Crippen LogP contribution is -2.30. The third-order valence-electron chi connectivity index (χ3n) is 2.80. The van der Waals surface area contributed by atoms with Gasteiger partial charge in [0.1, 0.15) is 11.6 Å². The van der Waals surface area contributed by atoms with Gasteiger partial charge < -0.3 is 19.9 Å². The number of nitriles is 1. The maximum atomic E-state index is 12.0. The Balaban J connectivity index is 3.24. The van der Waals surface area contributed by atoms with Gasteiger partial charge in [-0.25, -0.2) is 4.79 Å². The summed E-state index contributed by atoms with van der Waals surface area (Å²) in [5.41, 5.74) is 0.470. The van der Waals surface area contributed by atoms with Crippen molar-refractivity contribution in [1.29, 1.82) is 5.26 Å². The van der Waals surface area contributed by atoms with E-state index in [4.69, 9.17) is 14.6 Å². The molecule has 1 rings (SSSR count). The largest absolute Gasteiger partial charge is 0.490 e. The lowest BCUT2D eigenvalue weighted by Gasteiger charge is -2.13. The van der Waals surface area contributed by atoms with E-state index >= 15 is 0 Å². The van der Waals surface area contributed by atoms with Gasteiger partial charge in [-0.1, -0.05) is 15.9 Å². The molecule has 25 heavy (non-hydrogen) atoms. The number of carbonyl (C=O) groups is 2. The van der Waals surface area contributed by atoms with Gasteiger partial charge in [0.2, 0.25) is 0 Å². The van der Waals surface area contributed by atoms with Crippen LogP contribution in [0.1, 0.15) is 26.3 Å². The third kappa shape index (κ3) is 6.47. The molecule has 0 spiro atoms. The van der Waals surface area contributed by atoms with Crippen LogP contribution in [0.2, 0.25) is 0 Å². The van der Waals surface area contributed by atoms with Crippen molar-refractivity contribution >= 4 is 33.9 Å². The van der Waals surface area contributed by atoms with Gasteiger partial charge >= 0.3 is 5.97 Å². The predicted molar refractivity (Wildman–Crippen MR) is 95.3 cm³/mol. The zero-order valence-corrected chi connectivity index (χ0v) is 15.7. The van der Waals surface area contributed by atoms with Crippen LogP contribution in [0, 0.1) is 11.3 Å². The number of carboxylic acid groups (broad SMARTS) is 1. The minimum Gasteiger partial charge on any atom is -0.490 e. The number of aliphatic carboxylic acids is 1. The minimum absolute atomic E-state index is 0.0592. The Hall–Kier alpha value is -2.53. The summed E-state index contributed by atoms with van der Waals surface area (Å²) in [5.74, 6) is -1.02. The third-order valence-corrected chi connectivity index (χ3v) is 3.49. The van der Waals surface area contributed by atoms with E-state index < -0.39 is 18.5 Å². The first-order valence-corrected chi connectivity index (χ1v) is 8.31. The number of nitrogens with one attached hydrogen (secondary N) is 1. The number of carbonyl (C=O) groups excluding carboxylic acids is 1. The van der Waals surface area contributed by atoms with Gasteiger partial charge in [-0.3, -0.25) is 4.79 Å². The highest BCUT2D eigenvalue weighted by Gasteiger charge is 2.15. The zero-order chi connectivity index (χ0) is 19.0. The van der Waals surface area contributed by atoms with E-state index in [2.05, 4.69) is 21.2 Å². The van der Waals surface area contributed by atoms with Crippen molar-refractivity contribution in [1.82, 2.24) is 5.32 Å². The molecule has 134 valence electrons. The Morgan fingerprint density at radius 3 is 2.52 bits per heavy atom. The van der Waals surface area contributed by atoms with Gasteiger partial charge in [0, 0.05) is 10.5 Å². The van der Waals surface area contributed by atoms with E-state index in [0.717, 1.165) is 0 Å². The second kappa shape index (κ2) is 9.69. The quantitative estimate of drug-likeness (QED) is 0.503. The van der Waals surface area contributed by atoms with Crippen LogP contribution in [0.3, 0.4) is 0 Å². The van der Waals surface area contributed by atoms with E-state index in [-0.39, 0.29) is 17.4 Å². The van der Waals surface area contributed by atoms with E-state index in [1.807, 2.05) is 6.07 Å². The molecule has 0 atom stereocenters. The van der Waals surface area contributed by atoms with Gasteiger partial charge in [-0.15, -0.1) is 0 Å². The molecular formula is C17H19BrN2O5. The highest BCUT2D eigenvalue weighted by atomic mass is 79.9. The number of hydrogen-bond donors (Lipinski definition) is 2. The van der Waals surface area contributed by atoms with E-state index in [0.29, 0.717) is 22.4 Å². The van der Waals surface area contributed by atoms with Crippen LogP contribution in [0.25, 0.3) is 6.08 Å². The summed E-state index contributed by atoms with van der Waals surface area (Å²) in [7, 11) is 0. The predicted octanol–water partition coefficient (Wildman–Crippen LogP) is 2.74. The van der Waals surface area contributed by atoms with Crippen molar-refractivity contribution in [3.63, 3.8) is 0 Å². The van der Waals surface area contributed by atoms with Crippen LogP contribution in [-0.2, 0) is 9.59 Å². The fraction of sp³-hybridized carbons (Fsp3) is 0.353. The molecule has 8 heteroatoms. The number of benzene rings is 1. The van der Waals surface area contributed by atoms with E-state index in [9.17, 15) is 14.9 Å². The van der Waals surface area contributed by atoms with Crippen molar-refractivity contribution in [3.8, 4) is 17.6 Å². The van der Waals surface area contributed by atoms with Gasteiger partial charge in [0.15, 0.2) is 18.1 Å². The average molecular weight is 411 g/mol. The molecule has 0 fully saturated rings. The van der Waals surface area contributed by atoms with Crippen LogP contribution < -0.4 is 14.8 Å². The van der Waals surface area contributed by atoms with Crippen molar-refractivity contribution < 1.29 is 24.2 Å². The first-order valence-electron chi connectivity index (χ1n) is 7.52. The summed E-state index contributed by atoms with van der Waals surface area (Å²) in [6.07, 6.45) is 1.42. The van der Waals surface area contributed by atoms with Gasteiger partial charge in [0.25, 0.3) is 5.91 Å².